The van der Waals surface area contributed by atoms with E-state index in [0.717, 1.165) is 15.0 Å². The van der Waals surface area contributed by atoms with Gasteiger partial charge in [-0.1, -0.05) is 59.1 Å². The molecule has 3 nitrogen and oxygen atoms in total. The predicted molar refractivity (Wildman–Crippen MR) is 130 cm³/mol. The van der Waals surface area contributed by atoms with Crippen LogP contribution in [-0.4, -0.2) is 12.2 Å². The molecule has 0 aliphatic carbocycles. The highest BCUT2D eigenvalue weighted by atomic mass is 35.5. The maximum absolute atomic E-state index is 14.2. The number of benzene rings is 2. The average Bonchev–Trinajstić information content (AvgIpc) is 2.96. The molecule has 3 aromatic rings. The molecule has 1 aromatic heterocycles. The minimum atomic E-state index is -3.64. The molecule has 2 aromatic carbocycles. The van der Waals surface area contributed by atoms with Crippen molar-refractivity contribution in [3.8, 4) is 0 Å². The van der Waals surface area contributed by atoms with Gasteiger partial charge in [-0.05, 0) is 57.9 Å². The van der Waals surface area contributed by atoms with Crippen LogP contribution in [0.4, 0.5) is 0 Å². The maximum Gasteiger partial charge on any atom is 0.339 e. The fourth-order valence-corrected chi connectivity index (χ4v) is 8.34. The van der Waals surface area contributed by atoms with Gasteiger partial charge in [0.05, 0.1) is 17.2 Å². The fraction of sp³-hybridized carbons (Fsp3) is 0.364. The molecule has 0 spiro atoms. The first kappa shape index (κ1) is 24.1. The van der Waals surface area contributed by atoms with E-state index < -0.39 is 13.3 Å². The van der Waals surface area contributed by atoms with Crippen LogP contribution in [0.5, 0.6) is 0 Å². The normalized spacial score (nSPS) is 13.5. The van der Waals surface area contributed by atoms with Crippen molar-refractivity contribution in [2.45, 2.75) is 52.0 Å². The zero-order valence-electron chi connectivity index (χ0n) is 17.2. The molecule has 0 bridgehead atoms. The van der Waals surface area contributed by atoms with Crippen LogP contribution >= 0.6 is 53.7 Å². The lowest BCUT2D eigenvalue weighted by Gasteiger charge is -2.30. The molecule has 0 fully saturated rings. The SMILES string of the molecule is CC(C)OP(=O)(OC(C)C)C(Cc1c(Cl)cccc1Cl)c1sc2ccccc2c1Cl. The Hall–Kier alpha value is -0.580. The summed E-state index contributed by atoms with van der Waals surface area (Å²) in [5.41, 5.74) is 0.0453. The Kier molecular flexibility index (Phi) is 7.96. The molecule has 162 valence electrons. The van der Waals surface area contributed by atoms with Gasteiger partial charge >= 0.3 is 7.60 Å². The molecule has 3 rings (SSSR count). The molecule has 0 radical (unpaired) electrons. The first-order valence-electron chi connectivity index (χ1n) is 9.68. The molecule has 30 heavy (non-hydrogen) atoms. The minimum absolute atomic E-state index is 0.280. The minimum Gasteiger partial charge on any atom is -0.305 e. The van der Waals surface area contributed by atoms with Gasteiger partial charge in [0.2, 0.25) is 0 Å². The van der Waals surface area contributed by atoms with Crippen molar-refractivity contribution < 1.29 is 13.6 Å². The number of hydrogen-bond donors (Lipinski definition) is 0. The van der Waals surface area contributed by atoms with Crippen molar-refractivity contribution >= 4 is 63.8 Å². The summed E-state index contributed by atoms with van der Waals surface area (Å²) < 4.78 is 27.1. The smallest absolute Gasteiger partial charge is 0.305 e. The first-order chi connectivity index (χ1) is 14.1. The van der Waals surface area contributed by atoms with Crippen molar-refractivity contribution in [3.05, 3.63) is 68.0 Å². The van der Waals surface area contributed by atoms with Crippen LogP contribution in [0.25, 0.3) is 10.1 Å². The number of halogens is 3. The standard InChI is InChI=1S/C22H24Cl3O3PS/c1-13(2)27-29(26,28-14(3)4)19(12-16-17(23)9-7-10-18(16)24)22-21(25)15-8-5-6-11-20(15)30-22/h5-11,13-14,19H,12H2,1-4H3. The van der Waals surface area contributed by atoms with E-state index in [1.165, 1.54) is 11.3 Å². The highest BCUT2D eigenvalue weighted by Gasteiger charge is 2.42. The van der Waals surface area contributed by atoms with Crippen molar-refractivity contribution in [1.82, 2.24) is 0 Å². The Balaban J connectivity index is 2.21. The summed E-state index contributed by atoms with van der Waals surface area (Å²) in [5, 5.41) is 2.48. The molecule has 0 aliphatic rings. The second-order valence-corrected chi connectivity index (χ2v) is 11.9. The molecule has 0 saturated carbocycles. The highest BCUT2D eigenvalue weighted by Crippen LogP contribution is 2.66. The molecule has 1 unspecified atom stereocenters. The molecule has 0 aliphatic heterocycles. The molecule has 0 saturated heterocycles. The van der Waals surface area contributed by atoms with Crippen LogP contribution in [0.1, 0.15) is 43.8 Å². The quantitative estimate of drug-likeness (QED) is 0.286. The molecule has 0 N–H and O–H groups in total. The van der Waals surface area contributed by atoms with Gasteiger partial charge in [0.1, 0.15) is 5.66 Å². The maximum atomic E-state index is 14.2. The van der Waals surface area contributed by atoms with E-state index in [-0.39, 0.29) is 18.6 Å². The Labute approximate surface area is 196 Å². The second-order valence-electron chi connectivity index (χ2n) is 7.54. The predicted octanol–water partition coefficient (Wildman–Crippen LogP) is 9.19. The van der Waals surface area contributed by atoms with E-state index in [1.54, 1.807) is 18.2 Å². The zero-order chi connectivity index (χ0) is 22.1. The van der Waals surface area contributed by atoms with Gasteiger partial charge in [-0.2, -0.15) is 0 Å². The summed E-state index contributed by atoms with van der Waals surface area (Å²) in [6.45, 7) is 7.34. The van der Waals surface area contributed by atoms with Crippen LogP contribution in [0.3, 0.4) is 0 Å². The third-order valence-corrected chi connectivity index (χ3v) is 9.74. The van der Waals surface area contributed by atoms with E-state index >= 15 is 0 Å². The highest BCUT2D eigenvalue weighted by molar-refractivity contribution is 7.54. The summed E-state index contributed by atoms with van der Waals surface area (Å²) in [7, 11) is -3.64. The van der Waals surface area contributed by atoms with Crippen molar-refractivity contribution in [2.24, 2.45) is 0 Å². The zero-order valence-corrected chi connectivity index (χ0v) is 21.2. The Bertz CT molecular complexity index is 1050. The Morgan fingerprint density at radius 3 is 2.00 bits per heavy atom. The van der Waals surface area contributed by atoms with Crippen LogP contribution in [0.2, 0.25) is 15.1 Å². The lowest BCUT2D eigenvalue weighted by Crippen LogP contribution is -2.15. The molecule has 1 atom stereocenters. The Morgan fingerprint density at radius 2 is 1.47 bits per heavy atom. The van der Waals surface area contributed by atoms with Crippen molar-refractivity contribution in [1.29, 1.82) is 0 Å². The molecule has 0 amide bonds. The van der Waals surface area contributed by atoms with Gasteiger partial charge in [0, 0.05) is 25.0 Å². The van der Waals surface area contributed by atoms with E-state index in [1.807, 2.05) is 52.0 Å². The van der Waals surface area contributed by atoms with Gasteiger partial charge in [0.15, 0.2) is 0 Å². The molecule has 1 heterocycles. The van der Waals surface area contributed by atoms with Gasteiger partial charge in [-0.25, -0.2) is 0 Å². The lowest BCUT2D eigenvalue weighted by atomic mass is 10.1. The summed E-state index contributed by atoms with van der Waals surface area (Å²) in [6, 6.07) is 13.1. The number of fused-ring (bicyclic) bond motifs is 1. The van der Waals surface area contributed by atoms with Crippen LogP contribution in [0, 0.1) is 0 Å². The van der Waals surface area contributed by atoms with Gasteiger partial charge < -0.3 is 9.05 Å². The average molecular weight is 506 g/mol. The van der Waals surface area contributed by atoms with E-state index in [9.17, 15) is 4.57 Å². The topological polar surface area (TPSA) is 35.5 Å². The number of hydrogen-bond acceptors (Lipinski definition) is 4. The van der Waals surface area contributed by atoms with E-state index in [4.69, 9.17) is 43.9 Å². The summed E-state index contributed by atoms with van der Waals surface area (Å²) in [6.07, 6.45) is -0.319. The summed E-state index contributed by atoms with van der Waals surface area (Å²) >= 11 is 21.2. The Morgan fingerprint density at radius 1 is 0.900 bits per heavy atom. The van der Waals surface area contributed by atoms with Gasteiger partial charge in [0.25, 0.3) is 0 Å². The van der Waals surface area contributed by atoms with Crippen LogP contribution < -0.4 is 0 Å². The second kappa shape index (κ2) is 9.92. The van der Waals surface area contributed by atoms with Crippen LogP contribution in [0.15, 0.2) is 42.5 Å². The largest absolute Gasteiger partial charge is 0.339 e. The molecular formula is C22H24Cl3O3PS. The van der Waals surface area contributed by atoms with Crippen molar-refractivity contribution in [2.75, 3.05) is 0 Å². The third-order valence-electron chi connectivity index (χ3n) is 4.42. The van der Waals surface area contributed by atoms with Gasteiger partial charge in [-0.15, -0.1) is 11.3 Å². The summed E-state index contributed by atoms with van der Waals surface area (Å²) in [4.78, 5) is 0.749. The number of thiophene rings is 1. The van der Waals surface area contributed by atoms with Gasteiger partial charge in [-0.3, -0.25) is 4.57 Å². The lowest BCUT2D eigenvalue weighted by molar-refractivity contribution is 0.136. The first-order valence-corrected chi connectivity index (χ1v) is 13.2. The van der Waals surface area contributed by atoms with E-state index in [0.29, 0.717) is 20.6 Å². The third kappa shape index (κ3) is 5.24. The number of rotatable bonds is 8. The summed E-state index contributed by atoms with van der Waals surface area (Å²) in [5.74, 6) is 0. The monoisotopic (exact) mass is 504 g/mol. The van der Waals surface area contributed by atoms with Crippen LogP contribution in [-0.2, 0) is 20.0 Å². The molecule has 8 heteroatoms. The van der Waals surface area contributed by atoms with E-state index in [2.05, 4.69) is 0 Å². The van der Waals surface area contributed by atoms with Crippen molar-refractivity contribution in [3.63, 3.8) is 0 Å². The fourth-order valence-electron chi connectivity index (χ4n) is 3.28. The molecular weight excluding hydrogens is 482 g/mol.